The number of anilines is 3. The summed E-state index contributed by atoms with van der Waals surface area (Å²) in [6, 6.07) is 63.4. The topological polar surface area (TPSA) is 16.4 Å². The van der Waals surface area contributed by atoms with E-state index < -0.39 is 0 Å². The number of fused-ring (bicyclic) bond motifs is 10. The highest BCUT2D eigenvalue weighted by molar-refractivity contribution is 6.21. The molecule has 2 nitrogen and oxygen atoms in total. The van der Waals surface area contributed by atoms with Gasteiger partial charge >= 0.3 is 0 Å². The van der Waals surface area contributed by atoms with E-state index in [1.54, 1.807) is 0 Å². The molecule has 10 aromatic rings. The smallest absolute Gasteiger partial charge is 0.143 e. The van der Waals surface area contributed by atoms with Crippen LogP contribution in [0.2, 0.25) is 0 Å². The van der Waals surface area contributed by atoms with Crippen molar-refractivity contribution >= 4 is 82.1 Å². The maximum atomic E-state index is 6.46. The van der Waals surface area contributed by atoms with E-state index in [1.807, 2.05) is 0 Å². The van der Waals surface area contributed by atoms with E-state index in [2.05, 4.69) is 181 Å². The van der Waals surface area contributed by atoms with Crippen molar-refractivity contribution in [2.45, 2.75) is 0 Å². The summed E-state index contributed by atoms with van der Waals surface area (Å²) >= 11 is 0. The van der Waals surface area contributed by atoms with Crippen LogP contribution in [0.3, 0.4) is 0 Å². The summed E-state index contributed by atoms with van der Waals surface area (Å²) in [7, 11) is 0. The van der Waals surface area contributed by atoms with Crippen molar-refractivity contribution in [2.24, 2.45) is 0 Å². The zero-order valence-electron chi connectivity index (χ0n) is 26.1. The molecule has 0 bridgehead atoms. The van der Waals surface area contributed by atoms with Gasteiger partial charge in [-0.15, -0.1) is 0 Å². The monoisotopic (exact) mass is 611 g/mol. The van der Waals surface area contributed by atoms with Crippen molar-refractivity contribution in [1.29, 1.82) is 0 Å². The molecule has 0 unspecified atom stereocenters. The molecule has 0 spiro atoms. The SMILES string of the molecule is c1ccc(N(c2cccc(-c3ccc4ccc5ccc6ccccc6c5c4c3)c2)c2ccc3oc4c5ccccc5ccc4c3c2)cc1. The Morgan fingerprint density at radius 2 is 0.958 bits per heavy atom. The van der Waals surface area contributed by atoms with Gasteiger partial charge < -0.3 is 9.32 Å². The molecule has 0 fully saturated rings. The van der Waals surface area contributed by atoms with Gasteiger partial charge in [0, 0.05) is 33.2 Å². The number of benzene rings is 9. The van der Waals surface area contributed by atoms with E-state index in [-0.39, 0.29) is 0 Å². The molecule has 9 aromatic carbocycles. The fourth-order valence-electron chi connectivity index (χ4n) is 7.49. The second-order valence-electron chi connectivity index (χ2n) is 12.6. The molecule has 48 heavy (non-hydrogen) atoms. The normalized spacial score (nSPS) is 11.8. The van der Waals surface area contributed by atoms with Gasteiger partial charge in [0.2, 0.25) is 0 Å². The van der Waals surface area contributed by atoms with Gasteiger partial charge in [-0.25, -0.2) is 0 Å². The first-order valence-electron chi connectivity index (χ1n) is 16.4. The van der Waals surface area contributed by atoms with Crippen LogP contribution in [0, 0.1) is 0 Å². The number of hydrogen-bond acceptors (Lipinski definition) is 2. The molecule has 1 aromatic heterocycles. The van der Waals surface area contributed by atoms with Crippen LogP contribution in [0.1, 0.15) is 0 Å². The Balaban J connectivity index is 1.14. The van der Waals surface area contributed by atoms with Crippen LogP contribution < -0.4 is 4.90 Å². The van der Waals surface area contributed by atoms with Crippen molar-refractivity contribution in [1.82, 2.24) is 0 Å². The molecule has 10 rings (SSSR count). The quantitative estimate of drug-likeness (QED) is 0.184. The summed E-state index contributed by atoms with van der Waals surface area (Å²) in [5.41, 5.74) is 7.48. The first kappa shape index (κ1) is 26.8. The van der Waals surface area contributed by atoms with E-state index in [1.165, 1.54) is 48.8 Å². The average molecular weight is 612 g/mol. The molecule has 2 heteroatoms. The molecule has 0 atom stereocenters. The van der Waals surface area contributed by atoms with Crippen LogP contribution in [0.4, 0.5) is 17.1 Å². The summed E-state index contributed by atoms with van der Waals surface area (Å²) < 4.78 is 6.46. The summed E-state index contributed by atoms with van der Waals surface area (Å²) in [5, 5.41) is 12.2. The van der Waals surface area contributed by atoms with Crippen molar-refractivity contribution in [2.75, 3.05) is 4.90 Å². The maximum absolute atomic E-state index is 6.46. The van der Waals surface area contributed by atoms with Gasteiger partial charge in [0.1, 0.15) is 11.2 Å². The molecule has 0 aliphatic rings. The van der Waals surface area contributed by atoms with Crippen molar-refractivity contribution < 1.29 is 4.42 Å². The van der Waals surface area contributed by atoms with Crippen molar-refractivity contribution in [3.05, 3.63) is 176 Å². The summed E-state index contributed by atoms with van der Waals surface area (Å²) in [4.78, 5) is 2.34. The third kappa shape index (κ3) is 4.20. The molecule has 0 radical (unpaired) electrons. The van der Waals surface area contributed by atoms with Gasteiger partial charge in [0.25, 0.3) is 0 Å². The van der Waals surface area contributed by atoms with Crippen LogP contribution >= 0.6 is 0 Å². The number of hydrogen-bond donors (Lipinski definition) is 0. The van der Waals surface area contributed by atoms with Gasteiger partial charge in [0.15, 0.2) is 0 Å². The molecule has 224 valence electrons. The highest BCUT2D eigenvalue weighted by atomic mass is 16.3. The highest BCUT2D eigenvalue weighted by Crippen LogP contribution is 2.41. The van der Waals surface area contributed by atoms with E-state index in [9.17, 15) is 0 Å². The molecular formula is C46H29NO. The number of para-hydroxylation sites is 1. The number of furan rings is 1. The lowest BCUT2D eigenvalue weighted by atomic mass is 9.94. The zero-order valence-corrected chi connectivity index (χ0v) is 26.1. The Hall–Kier alpha value is -6.38. The average Bonchev–Trinajstić information content (AvgIpc) is 3.54. The fraction of sp³-hybridized carbons (Fsp3) is 0. The number of rotatable bonds is 4. The number of nitrogens with zero attached hydrogens (tertiary/aromatic N) is 1. The standard InChI is InChI=1S/C46H29NO/c1-2-12-36(13-3-1)47(38-24-26-44-43(29-38)41-25-23-31-10-5-7-16-40(31)46(41)48-44)37-14-8-11-34(27-37)35-22-19-32-18-21-33-20-17-30-9-4-6-15-39(30)45(33)42(32)28-35/h1-29H. The molecule has 0 aliphatic carbocycles. The largest absolute Gasteiger partial charge is 0.455 e. The van der Waals surface area contributed by atoms with Crippen LogP contribution in [-0.2, 0) is 0 Å². The Bertz CT molecular complexity index is 2840. The molecule has 0 N–H and O–H groups in total. The third-order valence-corrected chi connectivity index (χ3v) is 9.78. The van der Waals surface area contributed by atoms with Gasteiger partial charge in [-0.05, 0) is 103 Å². The van der Waals surface area contributed by atoms with Crippen LogP contribution in [0.5, 0.6) is 0 Å². The summed E-state index contributed by atoms with van der Waals surface area (Å²) in [5.74, 6) is 0. The second kappa shape index (κ2) is 10.6. The highest BCUT2D eigenvalue weighted by Gasteiger charge is 2.17. The Morgan fingerprint density at radius 1 is 0.333 bits per heavy atom. The van der Waals surface area contributed by atoms with Gasteiger partial charge in [-0.3, -0.25) is 0 Å². The lowest BCUT2D eigenvalue weighted by Crippen LogP contribution is -2.09. The minimum atomic E-state index is 0.891. The predicted molar refractivity (Wildman–Crippen MR) is 204 cm³/mol. The second-order valence-corrected chi connectivity index (χ2v) is 12.6. The van der Waals surface area contributed by atoms with Crippen LogP contribution in [-0.4, -0.2) is 0 Å². The zero-order chi connectivity index (χ0) is 31.6. The van der Waals surface area contributed by atoms with E-state index in [0.29, 0.717) is 0 Å². The molecular weight excluding hydrogens is 583 g/mol. The van der Waals surface area contributed by atoms with Crippen molar-refractivity contribution in [3.8, 4) is 11.1 Å². The van der Waals surface area contributed by atoms with Gasteiger partial charge in [-0.1, -0.05) is 121 Å². The van der Waals surface area contributed by atoms with Gasteiger partial charge in [-0.2, -0.15) is 0 Å². The van der Waals surface area contributed by atoms with Crippen LogP contribution in [0.25, 0.3) is 76.2 Å². The molecule has 1 heterocycles. The maximum Gasteiger partial charge on any atom is 0.143 e. The van der Waals surface area contributed by atoms with Crippen LogP contribution in [0.15, 0.2) is 180 Å². The van der Waals surface area contributed by atoms with E-state index in [4.69, 9.17) is 4.42 Å². The van der Waals surface area contributed by atoms with Crippen molar-refractivity contribution in [3.63, 3.8) is 0 Å². The molecule has 0 aliphatic heterocycles. The minimum absolute atomic E-state index is 0.891. The Morgan fingerprint density at radius 3 is 1.81 bits per heavy atom. The minimum Gasteiger partial charge on any atom is -0.455 e. The molecule has 0 saturated carbocycles. The van der Waals surface area contributed by atoms with E-state index >= 15 is 0 Å². The lowest BCUT2D eigenvalue weighted by Gasteiger charge is -2.26. The molecule has 0 amide bonds. The summed E-state index contributed by atoms with van der Waals surface area (Å²) in [6.45, 7) is 0. The fourth-order valence-corrected chi connectivity index (χ4v) is 7.49. The van der Waals surface area contributed by atoms with Gasteiger partial charge in [0.05, 0.1) is 0 Å². The summed E-state index contributed by atoms with van der Waals surface area (Å²) in [6.07, 6.45) is 0. The lowest BCUT2D eigenvalue weighted by molar-refractivity contribution is 0.672. The molecule has 0 saturated heterocycles. The third-order valence-electron chi connectivity index (χ3n) is 9.78. The Labute approximate surface area is 277 Å². The first-order valence-corrected chi connectivity index (χ1v) is 16.4. The Kier molecular flexibility index (Phi) is 5.91. The first-order chi connectivity index (χ1) is 23.8. The predicted octanol–water partition coefficient (Wildman–Crippen LogP) is 13.3. The van der Waals surface area contributed by atoms with E-state index in [0.717, 1.165) is 44.4 Å².